The maximum atomic E-state index is 11.1. The molecule has 3 heterocycles. The van der Waals surface area contributed by atoms with E-state index in [1.54, 1.807) is 29.6 Å². The zero-order valence-corrected chi connectivity index (χ0v) is 13.2. The van der Waals surface area contributed by atoms with Crippen LogP contribution in [-0.4, -0.2) is 21.5 Å². The summed E-state index contributed by atoms with van der Waals surface area (Å²) in [6.07, 6.45) is 0. The van der Waals surface area contributed by atoms with Crippen molar-refractivity contribution < 1.29 is 4.79 Å². The van der Waals surface area contributed by atoms with Gasteiger partial charge in [-0.25, -0.2) is 4.98 Å². The van der Waals surface area contributed by atoms with E-state index in [0.29, 0.717) is 5.75 Å². The summed E-state index contributed by atoms with van der Waals surface area (Å²) in [5.41, 5.74) is 2.00. The van der Waals surface area contributed by atoms with Gasteiger partial charge in [-0.3, -0.25) is 4.79 Å². The minimum Gasteiger partial charge on any atom is -0.332 e. The number of thioether (sulfide) groups is 1. The number of nitrogens with zero attached hydrogens (tertiary/aromatic N) is 1. The second-order valence-electron chi connectivity index (χ2n) is 4.21. The molecule has 102 valence electrons. The highest BCUT2D eigenvalue weighted by Gasteiger charge is 2.16. The molecule has 0 saturated heterocycles. The molecular weight excluding hydrogens is 308 g/mol. The van der Waals surface area contributed by atoms with Gasteiger partial charge in [0, 0.05) is 0 Å². The zero-order valence-electron chi connectivity index (χ0n) is 10.8. The van der Waals surface area contributed by atoms with Crippen LogP contribution in [0.2, 0.25) is 0 Å². The van der Waals surface area contributed by atoms with Crippen LogP contribution in [0, 0.1) is 0 Å². The fourth-order valence-electron chi connectivity index (χ4n) is 1.78. The molecule has 0 radical (unpaired) electrons. The van der Waals surface area contributed by atoms with Crippen molar-refractivity contribution in [3.63, 3.8) is 0 Å². The fourth-order valence-corrected chi connectivity index (χ4v) is 3.90. The van der Waals surface area contributed by atoms with E-state index in [4.69, 9.17) is 0 Å². The van der Waals surface area contributed by atoms with Gasteiger partial charge in [0.15, 0.2) is 5.16 Å². The summed E-state index contributed by atoms with van der Waals surface area (Å²) in [7, 11) is 0. The Morgan fingerprint density at radius 3 is 2.55 bits per heavy atom. The van der Waals surface area contributed by atoms with Gasteiger partial charge in [-0.05, 0) is 29.8 Å². The summed E-state index contributed by atoms with van der Waals surface area (Å²) in [6, 6.07) is 8.20. The molecule has 0 amide bonds. The van der Waals surface area contributed by atoms with Crippen molar-refractivity contribution in [2.75, 3.05) is 5.75 Å². The lowest BCUT2D eigenvalue weighted by molar-refractivity contribution is -0.114. The molecule has 1 N–H and O–H groups in total. The molecule has 0 aliphatic heterocycles. The second kappa shape index (κ2) is 5.95. The number of ketones is 1. The normalized spacial score (nSPS) is 10.8. The van der Waals surface area contributed by atoms with E-state index in [-0.39, 0.29) is 5.78 Å². The Bertz CT molecular complexity index is 647. The van der Waals surface area contributed by atoms with Crippen LogP contribution >= 0.6 is 34.4 Å². The largest absolute Gasteiger partial charge is 0.332 e. The van der Waals surface area contributed by atoms with Crippen molar-refractivity contribution in [3.8, 4) is 21.1 Å². The van der Waals surface area contributed by atoms with Crippen LogP contribution in [0.4, 0.5) is 0 Å². The Morgan fingerprint density at radius 1 is 1.25 bits per heavy atom. The number of aromatic amines is 1. The number of nitrogens with one attached hydrogen (secondary N) is 1. The van der Waals surface area contributed by atoms with Gasteiger partial charge >= 0.3 is 0 Å². The second-order valence-corrected chi connectivity index (χ2v) is 7.07. The van der Waals surface area contributed by atoms with Crippen LogP contribution in [0.1, 0.15) is 6.92 Å². The first-order valence-corrected chi connectivity index (χ1v) is 8.78. The number of aromatic nitrogens is 2. The Balaban J connectivity index is 2.00. The quantitative estimate of drug-likeness (QED) is 0.702. The van der Waals surface area contributed by atoms with Gasteiger partial charge in [0.25, 0.3) is 0 Å². The minimum atomic E-state index is 0.154. The molecule has 0 bridgehead atoms. The lowest BCUT2D eigenvalue weighted by Gasteiger charge is -1.96. The summed E-state index contributed by atoms with van der Waals surface area (Å²) in [6.45, 7) is 1.59. The minimum absolute atomic E-state index is 0.154. The number of rotatable bonds is 5. The van der Waals surface area contributed by atoms with Gasteiger partial charge in [0.05, 0.1) is 21.2 Å². The van der Waals surface area contributed by atoms with Crippen molar-refractivity contribution in [2.24, 2.45) is 0 Å². The molecule has 6 heteroatoms. The third-order valence-corrected chi connectivity index (χ3v) is 5.40. The first-order chi connectivity index (χ1) is 9.74. The number of carbonyl (C=O) groups is 1. The lowest BCUT2D eigenvalue weighted by Crippen LogP contribution is -1.93. The summed E-state index contributed by atoms with van der Waals surface area (Å²) in [5.74, 6) is 0.600. The lowest BCUT2D eigenvalue weighted by atomic mass is 10.2. The van der Waals surface area contributed by atoms with Gasteiger partial charge in [-0.1, -0.05) is 23.9 Å². The molecule has 0 aliphatic rings. The molecule has 3 nitrogen and oxygen atoms in total. The predicted octanol–water partition coefficient (Wildman–Crippen LogP) is 4.55. The van der Waals surface area contributed by atoms with Crippen molar-refractivity contribution in [2.45, 2.75) is 12.1 Å². The first-order valence-electron chi connectivity index (χ1n) is 6.04. The molecule has 20 heavy (non-hydrogen) atoms. The van der Waals surface area contributed by atoms with Gasteiger partial charge in [0.2, 0.25) is 0 Å². The molecule has 3 aromatic rings. The number of imidazole rings is 1. The summed E-state index contributed by atoms with van der Waals surface area (Å²) >= 11 is 4.80. The van der Waals surface area contributed by atoms with Crippen molar-refractivity contribution in [1.82, 2.24) is 9.97 Å². The average molecular weight is 320 g/mol. The zero-order chi connectivity index (χ0) is 13.9. The Morgan fingerprint density at radius 2 is 1.95 bits per heavy atom. The van der Waals surface area contributed by atoms with E-state index in [1.807, 2.05) is 17.5 Å². The molecule has 0 unspecified atom stereocenters. The molecule has 0 atom stereocenters. The highest BCUT2D eigenvalue weighted by atomic mass is 32.2. The average Bonchev–Trinajstić information content (AvgIpc) is 3.15. The van der Waals surface area contributed by atoms with E-state index in [2.05, 4.69) is 27.5 Å². The smallest absolute Gasteiger partial charge is 0.166 e. The number of hydrogen-bond donors (Lipinski definition) is 1. The Hall–Kier alpha value is -1.37. The highest BCUT2D eigenvalue weighted by molar-refractivity contribution is 7.99. The third kappa shape index (κ3) is 2.87. The number of carbonyl (C=O) groups excluding carboxylic acids is 1. The highest BCUT2D eigenvalue weighted by Crippen LogP contribution is 2.36. The summed E-state index contributed by atoms with van der Waals surface area (Å²) in [4.78, 5) is 21.4. The molecule has 0 fully saturated rings. The predicted molar refractivity (Wildman–Crippen MR) is 86.6 cm³/mol. The van der Waals surface area contributed by atoms with E-state index in [1.165, 1.54) is 11.8 Å². The van der Waals surface area contributed by atoms with Gasteiger partial charge in [0.1, 0.15) is 11.5 Å². The molecule has 0 aliphatic carbocycles. The molecule has 0 saturated carbocycles. The van der Waals surface area contributed by atoms with Crippen LogP contribution in [0.15, 0.2) is 40.2 Å². The number of thiophene rings is 2. The van der Waals surface area contributed by atoms with Gasteiger partial charge in [-0.2, -0.15) is 0 Å². The van der Waals surface area contributed by atoms with Crippen LogP contribution in [-0.2, 0) is 4.79 Å². The molecule has 0 aromatic carbocycles. The van der Waals surface area contributed by atoms with E-state index >= 15 is 0 Å². The van der Waals surface area contributed by atoms with Crippen LogP contribution in [0.25, 0.3) is 21.1 Å². The third-order valence-electron chi connectivity index (χ3n) is 2.62. The maximum absolute atomic E-state index is 11.1. The number of hydrogen-bond acceptors (Lipinski definition) is 5. The van der Waals surface area contributed by atoms with Gasteiger partial charge < -0.3 is 4.98 Å². The number of Topliss-reactive ketones (excluding diaryl/α,β-unsaturated/α-hetero) is 1. The van der Waals surface area contributed by atoms with Crippen molar-refractivity contribution in [3.05, 3.63) is 35.0 Å². The fraction of sp³-hybridized carbons (Fsp3) is 0.143. The monoisotopic (exact) mass is 320 g/mol. The van der Waals surface area contributed by atoms with Crippen LogP contribution < -0.4 is 0 Å². The molecule has 3 rings (SSSR count). The SMILES string of the molecule is CC(=O)CSc1nc(-c2cccs2)c(-c2cccs2)[nH]1. The van der Waals surface area contributed by atoms with E-state index < -0.39 is 0 Å². The topological polar surface area (TPSA) is 45.8 Å². The van der Waals surface area contributed by atoms with Crippen molar-refractivity contribution >= 4 is 40.2 Å². The Kier molecular flexibility index (Phi) is 4.05. The van der Waals surface area contributed by atoms with Crippen molar-refractivity contribution in [1.29, 1.82) is 0 Å². The first kappa shape index (κ1) is 13.6. The molecular formula is C14H12N2OS3. The maximum Gasteiger partial charge on any atom is 0.166 e. The van der Waals surface area contributed by atoms with Crippen LogP contribution in [0.3, 0.4) is 0 Å². The molecule has 3 aromatic heterocycles. The van der Waals surface area contributed by atoms with Gasteiger partial charge in [-0.15, -0.1) is 22.7 Å². The Labute approximate surface area is 129 Å². The van der Waals surface area contributed by atoms with Crippen LogP contribution in [0.5, 0.6) is 0 Å². The van der Waals surface area contributed by atoms with E-state index in [9.17, 15) is 4.79 Å². The summed E-state index contributed by atoms with van der Waals surface area (Å²) < 4.78 is 0. The number of H-pyrrole nitrogens is 1. The molecule has 0 spiro atoms. The summed E-state index contributed by atoms with van der Waals surface area (Å²) in [5, 5.41) is 4.90. The van der Waals surface area contributed by atoms with E-state index in [0.717, 1.165) is 26.3 Å². The standard InChI is InChI=1S/C14H12N2OS3/c1-9(17)8-20-14-15-12(10-4-2-6-18-10)13(16-14)11-5-3-7-19-11/h2-7H,8H2,1H3,(H,15,16).